The van der Waals surface area contributed by atoms with Gasteiger partial charge >= 0.3 is 0 Å². The molecule has 4 heteroatoms. The summed E-state index contributed by atoms with van der Waals surface area (Å²) in [7, 11) is 0. The first-order valence-corrected chi connectivity index (χ1v) is 8.36. The van der Waals surface area contributed by atoms with Crippen LogP contribution in [0.3, 0.4) is 0 Å². The maximum Gasteiger partial charge on any atom is 0.0757 e. The summed E-state index contributed by atoms with van der Waals surface area (Å²) in [5.74, 6) is 0.666. The van der Waals surface area contributed by atoms with Crippen LogP contribution < -0.4 is 0 Å². The molecule has 1 aliphatic heterocycles. The highest BCUT2D eigenvalue weighted by Gasteiger charge is 2.30. The Morgan fingerprint density at radius 3 is 2.57 bits per heavy atom. The molecule has 0 amide bonds. The minimum absolute atomic E-state index is 0. The number of aromatic amines is 1. The molecule has 0 aliphatic carbocycles. The van der Waals surface area contributed by atoms with Crippen molar-refractivity contribution >= 4 is 34.9 Å². The number of fused-ring (bicyclic) bond motifs is 3. The van der Waals surface area contributed by atoms with Gasteiger partial charge in [0.15, 0.2) is 0 Å². The molecule has 23 heavy (non-hydrogen) atoms. The fraction of sp³-hybridized carbons (Fsp3) is 0.263. The number of benzene rings is 2. The molecule has 0 saturated carbocycles. The van der Waals surface area contributed by atoms with Crippen molar-refractivity contribution in [1.29, 1.82) is 0 Å². The first kappa shape index (κ1) is 16.4. The Morgan fingerprint density at radius 2 is 1.78 bits per heavy atom. The van der Waals surface area contributed by atoms with E-state index in [9.17, 15) is 0 Å². The molecule has 1 aromatic heterocycles. The zero-order valence-electron chi connectivity index (χ0n) is 12.8. The fourth-order valence-corrected chi connectivity index (χ4v) is 3.87. The molecule has 0 bridgehead atoms. The van der Waals surface area contributed by atoms with Gasteiger partial charge in [0.1, 0.15) is 0 Å². The van der Waals surface area contributed by atoms with E-state index < -0.39 is 0 Å². The van der Waals surface area contributed by atoms with Crippen LogP contribution in [0.25, 0.3) is 10.9 Å². The highest BCUT2D eigenvalue weighted by Crippen LogP contribution is 2.38. The minimum Gasteiger partial charge on any atom is -0.357 e. The number of nitrogens with one attached hydrogen (secondary N) is 1. The van der Waals surface area contributed by atoms with Gasteiger partial charge in [0.05, 0.1) is 6.04 Å². The lowest BCUT2D eigenvalue weighted by Gasteiger charge is -2.35. The Kier molecular flexibility index (Phi) is 4.96. The third-order valence-corrected chi connectivity index (χ3v) is 4.79. The molecular weight excluding hydrogens is 327 g/mol. The first-order chi connectivity index (χ1) is 10.9. The fourth-order valence-electron chi connectivity index (χ4n) is 3.65. The molecule has 0 spiro atoms. The molecule has 1 atom stereocenters. The first-order valence-electron chi connectivity index (χ1n) is 7.83. The van der Waals surface area contributed by atoms with E-state index in [1.165, 1.54) is 27.7 Å². The molecule has 4 rings (SSSR count). The number of nitrogens with zero attached hydrogens (tertiary/aromatic N) is 1. The van der Waals surface area contributed by atoms with Crippen molar-refractivity contribution in [3.05, 3.63) is 71.4 Å². The number of alkyl halides is 1. The number of rotatable bonds is 3. The Hall–Kier alpha value is -1.48. The van der Waals surface area contributed by atoms with E-state index in [1.807, 2.05) is 0 Å². The maximum atomic E-state index is 6.04. The van der Waals surface area contributed by atoms with Crippen LogP contribution in [0.4, 0.5) is 0 Å². The van der Waals surface area contributed by atoms with Crippen LogP contribution in [-0.4, -0.2) is 28.9 Å². The molecule has 0 radical (unpaired) electrons. The van der Waals surface area contributed by atoms with Gasteiger partial charge in [-0.05, 0) is 23.6 Å². The van der Waals surface area contributed by atoms with Crippen LogP contribution >= 0.6 is 24.0 Å². The molecule has 0 fully saturated rings. The van der Waals surface area contributed by atoms with E-state index in [0.717, 1.165) is 19.5 Å². The number of para-hydroxylation sites is 1. The van der Waals surface area contributed by atoms with Crippen molar-refractivity contribution < 1.29 is 0 Å². The minimum atomic E-state index is 0. The van der Waals surface area contributed by atoms with E-state index in [4.69, 9.17) is 11.6 Å². The molecule has 1 aliphatic rings. The van der Waals surface area contributed by atoms with E-state index in [1.54, 1.807) is 0 Å². The zero-order chi connectivity index (χ0) is 14.9. The number of H-pyrrole nitrogens is 1. The summed E-state index contributed by atoms with van der Waals surface area (Å²) in [5.41, 5.74) is 5.38. The van der Waals surface area contributed by atoms with Gasteiger partial charge in [-0.2, -0.15) is 0 Å². The average Bonchev–Trinajstić information content (AvgIpc) is 2.94. The molecule has 1 N–H and O–H groups in total. The number of hydrogen-bond acceptors (Lipinski definition) is 1. The maximum absolute atomic E-state index is 6.04. The summed E-state index contributed by atoms with van der Waals surface area (Å²) < 4.78 is 0. The predicted molar refractivity (Wildman–Crippen MR) is 99.8 cm³/mol. The summed E-state index contributed by atoms with van der Waals surface area (Å²) in [6, 6.07) is 19.6. The molecule has 1 unspecified atom stereocenters. The largest absolute Gasteiger partial charge is 0.357 e. The SMILES string of the molecule is Cl.ClCCN1CCc2c([nH]c3ccccc23)C1c1ccccc1. The normalized spacial score (nSPS) is 17.7. The lowest BCUT2D eigenvalue weighted by atomic mass is 9.92. The lowest BCUT2D eigenvalue weighted by molar-refractivity contribution is 0.224. The highest BCUT2D eigenvalue weighted by atomic mass is 35.5. The van der Waals surface area contributed by atoms with E-state index >= 15 is 0 Å². The van der Waals surface area contributed by atoms with Crippen molar-refractivity contribution in [3.8, 4) is 0 Å². The van der Waals surface area contributed by atoms with Crippen LogP contribution in [0, 0.1) is 0 Å². The Balaban J connectivity index is 0.00000156. The van der Waals surface area contributed by atoms with Crippen molar-refractivity contribution in [2.24, 2.45) is 0 Å². The van der Waals surface area contributed by atoms with Crippen molar-refractivity contribution in [3.63, 3.8) is 0 Å². The topological polar surface area (TPSA) is 19.0 Å². The monoisotopic (exact) mass is 346 g/mol. The van der Waals surface area contributed by atoms with Crippen LogP contribution in [-0.2, 0) is 6.42 Å². The lowest BCUT2D eigenvalue weighted by Crippen LogP contribution is -2.37. The second kappa shape index (κ2) is 6.96. The average molecular weight is 347 g/mol. The zero-order valence-corrected chi connectivity index (χ0v) is 14.4. The standard InChI is InChI=1S/C19H19ClN2.ClH/c20-11-13-22-12-10-16-15-8-4-5-9-17(15)21-18(16)19(22)14-6-2-1-3-7-14;/h1-9,19,21H,10-13H2;1H. The Morgan fingerprint density at radius 1 is 1.04 bits per heavy atom. The molecule has 2 heterocycles. The van der Waals surface area contributed by atoms with E-state index in [0.29, 0.717) is 5.88 Å². The molecule has 120 valence electrons. The molecule has 3 aromatic rings. The van der Waals surface area contributed by atoms with Gasteiger partial charge in [-0.3, -0.25) is 4.90 Å². The van der Waals surface area contributed by atoms with Crippen LogP contribution in [0.1, 0.15) is 22.9 Å². The summed E-state index contributed by atoms with van der Waals surface area (Å²) in [6.45, 7) is 1.97. The smallest absolute Gasteiger partial charge is 0.0757 e. The highest BCUT2D eigenvalue weighted by molar-refractivity contribution is 6.18. The second-order valence-electron chi connectivity index (χ2n) is 5.85. The third-order valence-electron chi connectivity index (χ3n) is 4.62. The van der Waals surface area contributed by atoms with Gasteiger partial charge in [-0.25, -0.2) is 0 Å². The van der Waals surface area contributed by atoms with Crippen molar-refractivity contribution in [2.45, 2.75) is 12.5 Å². The molecule has 0 saturated heterocycles. The Bertz CT molecular complexity index is 782. The van der Waals surface area contributed by atoms with Crippen molar-refractivity contribution in [1.82, 2.24) is 9.88 Å². The quantitative estimate of drug-likeness (QED) is 0.676. The molecule has 2 aromatic carbocycles. The van der Waals surface area contributed by atoms with Gasteiger partial charge in [-0.1, -0.05) is 48.5 Å². The van der Waals surface area contributed by atoms with Crippen molar-refractivity contribution in [2.75, 3.05) is 19.0 Å². The molecule has 2 nitrogen and oxygen atoms in total. The van der Waals surface area contributed by atoms with Gasteiger partial charge in [-0.15, -0.1) is 24.0 Å². The van der Waals surface area contributed by atoms with E-state index in [2.05, 4.69) is 64.5 Å². The van der Waals surface area contributed by atoms with Crippen LogP contribution in [0.15, 0.2) is 54.6 Å². The van der Waals surface area contributed by atoms with Crippen LogP contribution in [0.5, 0.6) is 0 Å². The van der Waals surface area contributed by atoms with Gasteiger partial charge < -0.3 is 4.98 Å². The predicted octanol–water partition coefficient (Wildman–Crippen LogP) is 4.78. The Labute approximate surface area is 147 Å². The van der Waals surface area contributed by atoms with Gasteiger partial charge in [0.2, 0.25) is 0 Å². The number of hydrogen-bond donors (Lipinski definition) is 1. The number of aromatic nitrogens is 1. The second-order valence-corrected chi connectivity index (χ2v) is 6.23. The van der Waals surface area contributed by atoms with Crippen LogP contribution in [0.2, 0.25) is 0 Å². The summed E-state index contributed by atoms with van der Waals surface area (Å²) in [4.78, 5) is 6.15. The molecular formula is C19H20Cl2N2. The van der Waals surface area contributed by atoms with Gasteiger partial charge in [0, 0.05) is 35.6 Å². The number of halogens is 2. The van der Waals surface area contributed by atoms with E-state index in [-0.39, 0.29) is 18.4 Å². The summed E-state index contributed by atoms with van der Waals surface area (Å²) in [6.07, 6.45) is 1.08. The summed E-state index contributed by atoms with van der Waals surface area (Å²) >= 11 is 6.04. The van der Waals surface area contributed by atoms with Gasteiger partial charge in [0.25, 0.3) is 0 Å². The summed E-state index contributed by atoms with van der Waals surface area (Å²) in [5, 5.41) is 1.36. The third kappa shape index (κ3) is 2.87.